The number of aromatic nitrogens is 4. The number of nitrogens with one attached hydrogen (secondary N) is 1. The van der Waals surface area contributed by atoms with Crippen LogP contribution >= 0.6 is 0 Å². The molecule has 0 saturated heterocycles. The van der Waals surface area contributed by atoms with Gasteiger partial charge in [0.25, 0.3) is 0 Å². The van der Waals surface area contributed by atoms with Crippen molar-refractivity contribution in [3.8, 4) is 11.3 Å². The molecule has 0 atom stereocenters. The third kappa shape index (κ3) is 4.99. The Kier molecular flexibility index (Phi) is 5.81. The van der Waals surface area contributed by atoms with Crippen LogP contribution < -0.4 is 5.32 Å². The Labute approximate surface area is 174 Å². The van der Waals surface area contributed by atoms with E-state index in [0.717, 1.165) is 15.8 Å². The van der Waals surface area contributed by atoms with Crippen molar-refractivity contribution in [2.45, 2.75) is 33.3 Å². The Bertz CT molecular complexity index is 1070. The Hall–Kier alpha value is -3.75. The van der Waals surface area contributed by atoms with Crippen LogP contribution in [-0.2, 0) is 9.47 Å². The molecule has 0 radical (unpaired) electrons. The number of hydrogen-bond donors (Lipinski definition) is 1. The molecule has 0 aliphatic carbocycles. The Balaban J connectivity index is 1.79. The number of benzene rings is 1. The van der Waals surface area contributed by atoms with E-state index in [4.69, 9.17) is 9.47 Å². The van der Waals surface area contributed by atoms with Crippen LogP contribution in [0.4, 0.5) is 16.4 Å². The fourth-order valence-corrected chi connectivity index (χ4v) is 2.60. The van der Waals surface area contributed by atoms with Crippen molar-refractivity contribution < 1.29 is 19.1 Å². The van der Waals surface area contributed by atoms with Gasteiger partial charge in [0.05, 0.1) is 36.4 Å². The molecule has 30 heavy (non-hydrogen) atoms. The lowest BCUT2D eigenvalue weighted by molar-refractivity contribution is 0.0513. The number of esters is 1. The van der Waals surface area contributed by atoms with Gasteiger partial charge in [-0.2, -0.15) is 9.78 Å². The number of ether oxygens (including phenoxy) is 2. The summed E-state index contributed by atoms with van der Waals surface area (Å²) in [5.41, 5.74) is 2.79. The second-order valence-electron chi connectivity index (χ2n) is 7.57. The minimum absolute atomic E-state index is 0.344. The Morgan fingerprint density at radius 3 is 2.43 bits per heavy atom. The molecule has 2 heterocycles. The number of nitrogens with zero attached hydrogens (tertiary/aromatic N) is 4. The van der Waals surface area contributed by atoms with Gasteiger partial charge in [-0.1, -0.05) is 12.1 Å². The SMILES string of the molecule is COC(=O)c1ccc(-c2nc(Nc3cnn(C(=O)OC(C)(C)C)c3)ncc2C)cc1. The largest absolute Gasteiger partial charge is 0.465 e. The van der Waals surface area contributed by atoms with E-state index in [2.05, 4.69) is 20.4 Å². The van der Waals surface area contributed by atoms with Gasteiger partial charge >= 0.3 is 12.1 Å². The summed E-state index contributed by atoms with van der Waals surface area (Å²) in [6.07, 6.45) is 4.10. The fourth-order valence-electron chi connectivity index (χ4n) is 2.60. The minimum atomic E-state index is -0.616. The summed E-state index contributed by atoms with van der Waals surface area (Å²) in [4.78, 5) is 32.5. The normalized spacial score (nSPS) is 11.1. The number of hydrogen-bond acceptors (Lipinski definition) is 8. The van der Waals surface area contributed by atoms with Crippen LogP contribution in [-0.4, -0.2) is 44.5 Å². The molecule has 156 valence electrons. The van der Waals surface area contributed by atoms with Gasteiger partial charge in [0.15, 0.2) is 0 Å². The highest BCUT2D eigenvalue weighted by atomic mass is 16.6. The summed E-state index contributed by atoms with van der Waals surface area (Å²) in [5, 5.41) is 7.04. The molecular weight excluding hydrogens is 386 g/mol. The van der Waals surface area contributed by atoms with Crippen molar-refractivity contribution in [2.75, 3.05) is 12.4 Å². The first-order chi connectivity index (χ1) is 14.2. The molecule has 0 spiro atoms. The quantitative estimate of drug-likeness (QED) is 0.645. The lowest BCUT2D eigenvalue weighted by Gasteiger charge is -2.18. The maximum atomic E-state index is 12.1. The molecule has 0 unspecified atom stereocenters. The second-order valence-corrected chi connectivity index (χ2v) is 7.57. The Morgan fingerprint density at radius 1 is 1.10 bits per heavy atom. The monoisotopic (exact) mass is 409 g/mol. The Morgan fingerprint density at radius 2 is 1.80 bits per heavy atom. The van der Waals surface area contributed by atoms with Crippen molar-refractivity contribution >= 4 is 23.7 Å². The zero-order valence-corrected chi connectivity index (χ0v) is 17.5. The number of carbonyl (C=O) groups excluding carboxylic acids is 2. The molecule has 0 fully saturated rings. The number of methoxy groups -OCH3 is 1. The van der Waals surface area contributed by atoms with E-state index in [1.165, 1.54) is 19.5 Å². The van der Waals surface area contributed by atoms with Gasteiger partial charge in [-0.15, -0.1) is 0 Å². The van der Waals surface area contributed by atoms with Crippen LogP contribution in [0.5, 0.6) is 0 Å². The maximum Gasteiger partial charge on any atom is 0.435 e. The molecular formula is C21H23N5O4. The lowest BCUT2D eigenvalue weighted by Crippen LogP contribution is -2.27. The van der Waals surface area contributed by atoms with Crippen molar-refractivity contribution in [3.05, 3.63) is 54.0 Å². The average Bonchev–Trinajstić information content (AvgIpc) is 3.16. The van der Waals surface area contributed by atoms with E-state index in [9.17, 15) is 9.59 Å². The standard InChI is InChI=1S/C21H23N5O4/c1-13-10-22-19(24-16-11-23-26(12-16)20(28)30-21(2,3)4)25-17(13)14-6-8-15(9-7-14)18(27)29-5/h6-12H,1-5H3,(H,22,24,25). The van der Waals surface area contributed by atoms with Crippen LogP contribution in [0.25, 0.3) is 11.3 Å². The third-order valence-corrected chi connectivity index (χ3v) is 3.97. The molecule has 3 rings (SSSR count). The molecule has 0 bridgehead atoms. The highest BCUT2D eigenvalue weighted by Crippen LogP contribution is 2.23. The molecule has 1 N–H and O–H groups in total. The molecule has 9 nitrogen and oxygen atoms in total. The van der Waals surface area contributed by atoms with Gasteiger partial charge in [0.1, 0.15) is 5.60 Å². The number of rotatable bonds is 4. The van der Waals surface area contributed by atoms with Crippen molar-refractivity contribution in [3.63, 3.8) is 0 Å². The molecule has 3 aromatic rings. The molecule has 0 saturated carbocycles. The highest BCUT2D eigenvalue weighted by Gasteiger charge is 2.19. The number of anilines is 2. The van der Waals surface area contributed by atoms with Crippen LogP contribution in [0, 0.1) is 6.92 Å². The lowest BCUT2D eigenvalue weighted by atomic mass is 10.1. The summed E-state index contributed by atoms with van der Waals surface area (Å²) >= 11 is 0. The van der Waals surface area contributed by atoms with E-state index in [1.54, 1.807) is 51.2 Å². The van der Waals surface area contributed by atoms with Crippen LogP contribution in [0.1, 0.15) is 36.7 Å². The second kappa shape index (κ2) is 8.32. The van der Waals surface area contributed by atoms with Gasteiger partial charge in [-0.3, -0.25) is 0 Å². The molecule has 0 aliphatic rings. The molecule has 0 aliphatic heterocycles. The molecule has 9 heteroatoms. The first-order valence-electron chi connectivity index (χ1n) is 9.24. The average molecular weight is 409 g/mol. The minimum Gasteiger partial charge on any atom is -0.465 e. The predicted molar refractivity (Wildman–Crippen MR) is 111 cm³/mol. The predicted octanol–water partition coefficient (Wildman–Crippen LogP) is 3.96. The first-order valence-corrected chi connectivity index (χ1v) is 9.24. The zero-order chi connectivity index (χ0) is 21.9. The van der Waals surface area contributed by atoms with Crippen molar-refractivity contribution in [1.29, 1.82) is 0 Å². The number of carbonyl (C=O) groups is 2. The molecule has 1 aromatic carbocycles. The number of aryl methyl sites for hydroxylation is 1. The third-order valence-electron chi connectivity index (χ3n) is 3.97. The summed E-state index contributed by atoms with van der Waals surface area (Å²) < 4.78 is 11.1. The van der Waals surface area contributed by atoms with Gasteiger partial charge in [0, 0.05) is 11.8 Å². The maximum absolute atomic E-state index is 12.1. The smallest absolute Gasteiger partial charge is 0.435 e. The van der Waals surface area contributed by atoms with E-state index < -0.39 is 17.7 Å². The van der Waals surface area contributed by atoms with Crippen LogP contribution in [0.2, 0.25) is 0 Å². The van der Waals surface area contributed by atoms with Crippen LogP contribution in [0.15, 0.2) is 42.9 Å². The van der Waals surface area contributed by atoms with Crippen molar-refractivity contribution in [2.24, 2.45) is 0 Å². The summed E-state index contributed by atoms with van der Waals surface area (Å²) in [5.74, 6) is -0.0540. The van der Waals surface area contributed by atoms with Gasteiger partial charge in [-0.05, 0) is 45.4 Å². The summed E-state index contributed by atoms with van der Waals surface area (Å²) in [6, 6.07) is 6.96. The van der Waals surface area contributed by atoms with Crippen LogP contribution in [0.3, 0.4) is 0 Å². The fraction of sp³-hybridized carbons (Fsp3) is 0.286. The van der Waals surface area contributed by atoms with E-state index in [-0.39, 0.29) is 0 Å². The zero-order valence-electron chi connectivity index (χ0n) is 17.5. The molecule has 0 amide bonds. The first kappa shape index (κ1) is 21.0. The van der Waals surface area contributed by atoms with E-state index >= 15 is 0 Å². The van der Waals surface area contributed by atoms with Gasteiger partial charge in [0.2, 0.25) is 5.95 Å². The van der Waals surface area contributed by atoms with Gasteiger partial charge < -0.3 is 14.8 Å². The van der Waals surface area contributed by atoms with Gasteiger partial charge in [-0.25, -0.2) is 19.6 Å². The topological polar surface area (TPSA) is 108 Å². The summed E-state index contributed by atoms with van der Waals surface area (Å²) in [7, 11) is 1.34. The van der Waals surface area contributed by atoms with E-state index in [1.807, 2.05) is 6.92 Å². The van der Waals surface area contributed by atoms with E-state index in [0.29, 0.717) is 22.9 Å². The molecule has 2 aromatic heterocycles. The van der Waals surface area contributed by atoms with Crippen molar-refractivity contribution in [1.82, 2.24) is 19.7 Å². The summed E-state index contributed by atoms with van der Waals surface area (Å²) in [6.45, 7) is 7.25. The highest BCUT2D eigenvalue weighted by molar-refractivity contribution is 5.90.